The molecule has 1 aliphatic rings. The van der Waals surface area contributed by atoms with Crippen LogP contribution in [0.4, 0.5) is 0 Å². The quantitative estimate of drug-likeness (QED) is 0.801. The van der Waals surface area contributed by atoms with Crippen LogP contribution in [-0.2, 0) is 22.3 Å². The molecule has 0 radical (unpaired) electrons. The predicted octanol–water partition coefficient (Wildman–Crippen LogP) is 3.30. The fourth-order valence-electron chi connectivity index (χ4n) is 3.09. The molecule has 1 saturated heterocycles. The average molecular weight is 379 g/mol. The Kier molecular flexibility index (Phi) is 5.79. The van der Waals surface area contributed by atoms with E-state index in [1.807, 2.05) is 55.5 Å². The van der Waals surface area contributed by atoms with Crippen LogP contribution in [0.15, 0.2) is 48.5 Å². The van der Waals surface area contributed by atoms with Gasteiger partial charge in [-0.25, -0.2) is 8.42 Å². The van der Waals surface area contributed by atoms with Gasteiger partial charge in [-0.1, -0.05) is 54.1 Å². The number of halogens is 1. The third-order valence-corrected chi connectivity index (χ3v) is 6.87. The number of aryl methyl sites for hydroxylation is 1. The summed E-state index contributed by atoms with van der Waals surface area (Å²) in [5.74, 6) is 0.0736. The molecule has 1 aliphatic heterocycles. The van der Waals surface area contributed by atoms with Crippen LogP contribution in [0.3, 0.4) is 0 Å². The van der Waals surface area contributed by atoms with Crippen molar-refractivity contribution in [3.05, 3.63) is 70.2 Å². The van der Waals surface area contributed by atoms with Crippen LogP contribution in [0.5, 0.6) is 0 Å². The SMILES string of the molecule is Cc1ccccc1CS(=O)(=O)N1CCN(Cc2ccccc2Cl)CC1. The normalized spacial score (nSPS) is 16.9. The number of nitrogens with zero attached hydrogens (tertiary/aromatic N) is 2. The van der Waals surface area contributed by atoms with Crippen molar-refractivity contribution in [2.24, 2.45) is 0 Å². The van der Waals surface area contributed by atoms with E-state index >= 15 is 0 Å². The number of sulfonamides is 1. The van der Waals surface area contributed by atoms with E-state index in [0.29, 0.717) is 13.1 Å². The van der Waals surface area contributed by atoms with Gasteiger partial charge in [0.1, 0.15) is 0 Å². The lowest BCUT2D eigenvalue weighted by atomic mass is 10.1. The van der Waals surface area contributed by atoms with Gasteiger partial charge in [-0.2, -0.15) is 4.31 Å². The Morgan fingerprint density at radius 1 is 0.920 bits per heavy atom. The van der Waals surface area contributed by atoms with E-state index in [0.717, 1.165) is 41.3 Å². The lowest BCUT2D eigenvalue weighted by molar-refractivity contribution is 0.181. The third-order valence-electron chi connectivity index (χ3n) is 4.68. The first kappa shape index (κ1) is 18.4. The van der Waals surface area contributed by atoms with E-state index in [1.165, 1.54) is 0 Å². The van der Waals surface area contributed by atoms with Crippen LogP contribution in [0.25, 0.3) is 0 Å². The minimum Gasteiger partial charge on any atom is -0.296 e. The maximum Gasteiger partial charge on any atom is 0.218 e. The van der Waals surface area contributed by atoms with Crippen LogP contribution in [0, 0.1) is 6.92 Å². The second-order valence-corrected chi connectivity index (χ2v) is 8.83. The topological polar surface area (TPSA) is 40.6 Å². The Labute approximate surface area is 155 Å². The summed E-state index contributed by atoms with van der Waals surface area (Å²) in [4.78, 5) is 2.25. The third kappa shape index (κ3) is 4.61. The Morgan fingerprint density at radius 3 is 2.16 bits per heavy atom. The molecule has 0 N–H and O–H groups in total. The van der Waals surface area contributed by atoms with E-state index in [-0.39, 0.29) is 5.75 Å². The van der Waals surface area contributed by atoms with Gasteiger partial charge < -0.3 is 0 Å². The zero-order chi connectivity index (χ0) is 17.9. The standard InChI is InChI=1S/C19H23ClN2O2S/c1-16-6-2-3-8-18(16)15-25(23,24)22-12-10-21(11-13-22)14-17-7-4-5-9-19(17)20/h2-9H,10-15H2,1H3. The molecule has 0 bridgehead atoms. The molecular weight excluding hydrogens is 356 g/mol. The van der Waals surface area contributed by atoms with E-state index in [2.05, 4.69) is 4.90 Å². The molecule has 6 heteroatoms. The lowest BCUT2D eigenvalue weighted by Crippen LogP contribution is -2.48. The smallest absolute Gasteiger partial charge is 0.218 e. The summed E-state index contributed by atoms with van der Waals surface area (Å²) in [7, 11) is -3.28. The Balaban J connectivity index is 1.60. The molecule has 3 rings (SSSR count). The largest absolute Gasteiger partial charge is 0.296 e. The van der Waals surface area contributed by atoms with Gasteiger partial charge in [-0.3, -0.25) is 4.90 Å². The molecule has 2 aromatic rings. The summed E-state index contributed by atoms with van der Waals surface area (Å²) in [5, 5.41) is 0.761. The van der Waals surface area contributed by atoms with Crippen molar-refractivity contribution in [1.82, 2.24) is 9.21 Å². The molecule has 25 heavy (non-hydrogen) atoms. The number of hydrogen-bond acceptors (Lipinski definition) is 3. The van der Waals surface area contributed by atoms with Gasteiger partial charge in [0.25, 0.3) is 0 Å². The summed E-state index contributed by atoms with van der Waals surface area (Å²) in [6, 6.07) is 15.5. The summed E-state index contributed by atoms with van der Waals surface area (Å²) in [6.07, 6.45) is 0. The molecule has 0 spiro atoms. The molecule has 1 fully saturated rings. The molecular formula is C19H23ClN2O2S. The van der Waals surface area contributed by atoms with Crippen LogP contribution in [-0.4, -0.2) is 43.8 Å². The summed E-state index contributed by atoms with van der Waals surface area (Å²) in [5.41, 5.74) is 2.98. The van der Waals surface area contributed by atoms with Gasteiger partial charge in [-0.15, -0.1) is 0 Å². The van der Waals surface area contributed by atoms with Gasteiger partial charge in [0.15, 0.2) is 0 Å². The molecule has 0 unspecified atom stereocenters. The molecule has 1 heterocycles. The predicted molar refractivity (Wildman–Crippen MR) is 102 cm³/mol. The van der Waals surface area contributed by atoms with Gasteiger partial charge >= 0.3 is 0 Å². The van der Waals surface area contributed by atoms with E-state index in [1.54, 1.807) is 4.31 Å². The molecule has 0 aliphatic carbocycles. The minimum absolute atomic E-state index is 0.0736. The van der Waals surface area contributed by atoms with Crippen molar-refractivity contribution in [1.29, 1.82) is 0 Å². The maximum atomic E-state index is 12.7. The van der Waals surface area contributed by atoms with Crippen molar-refractivity contribution < 1.29 is 8.42 Å². The van der Waals surface area contributed by atoms with Crippen LogP contribution >= 0.6 is 11.6 Å². The highest BCUT2D eigenvalue weighted by Gasteiger charge is 2.27. The molecule has 0 saturated carbocycles. The lowest BCUT2D eigenvalue weighted by Gasteiger charge is -2.34. The molecule has 0 amide bonds. The highest BCUT2D eigenvalue weighted by Crippen LogP contribution is 2.20. The molecule has 2 aromatic carbocycles. The van der Waals surface area contributed by atoms with Gasteiger partial charge in [0, 0.05) is 37.7 Å². The fraction of sp³-hybridized carbons (Fsp3) is 0.368. The number of piperazine rings is 1. The van der Waals surface area contributed by atoms with Crippen molar-refractivity contribution in [2.45, 2.75) is 19.2 Å². The second-order valence-electron chi connectivity index (χ2n) is 6.45. The first-order valence-corrected chi connectivity index (χ1v) is 10.4. The Hall–Kier alpha value is -1.40. The summed E-state index contributed by atoms with van der Waals surface area (Å²) in [6.45, 7) is 5.20. The van der Waals surface area contributed by atoms with Crippen LogP contribution < -0.4 is 0 Å². The first-order valence-electron chi connectivity index (χ1n) is 8.44. The molecule has 4 nitrogen and oxygen atoms in total. The monoisotopic (exact) mass is 378 g/mol. The zero-order valence-corrected chi connectivity index (χ0v) is 15.9. The highest BCUT2D eigenvalue weighted by atomic mass is 35.5. The maximum absolute atomic E-state index is 12.7. The van der Waals surface area contributed by atoms with Crippen molar-refractivity contribution in [2.75, 3.05) is 26.2 Å². The van der Waals surface area contributed by atoms with Gasteiger partial charge in [0.2, 0.25) is 10.0 Å². The second kappa shape index (κ2) is 7.87. The number of benzene rings is 2. The van der Waals surface area contributed by atoms with Gasteiger partial charge in [-0.05, 0) is 29.7 Å². The molecule has 0 aromatic heterocycles. The zero-order valence-electron chi connectivity index (χ0n) is 14.4. The number of hydrogen-bond donors (Lipinski definition) is 0. The summed E-state index contributed by atoms with van der Waals surface area (Å²) >= 11 is 6.22. The van der Waals surface area contributed by atoms with Gasteiger partial charge in [0.05, 0.1) is 5.75 Å². The van der Waals surface area contributed by atoms with Crippen molar-refractivity contribution >= 4 is 21.6 Å². The van der Waals surface area contributed by atoms with Crippen molar-refractivity contribution in [3.8, 4) is 0 Å². The average Bonchev–Trinajstić information content (AvgIpc) is 2.59. The summed E-state index contributed by atoms with van der Waals surface area (Å²) < 4.78 is 27.0. The fourth-order valence-corrected chi connectivity index (χ4v) is 4.91. The first-order chi connectivity index (χ1) is 12.0. The molecule has 0 atom stereocenters. The highest BCUT2D eigenvalue weighted by molar-refractivity contribution is 7.88. The van der Waals surface area contributed by atoms with Crippen LogP contribution in [0.1, 0.15) is 16.7 Å². The Bertz CT molecular complexity index is 831. The van der Waals surface area contributed by atoms with E-state index in [4.69, 9.17) is 11.6 Å². The number of rotatable bonds is 5. The van der Waals surface area contributed by atoms with E-state index < -0.39 is 10.0 Å². The van der Waals surface area contributed by atoms with Crippen molar-refractivity contribution in [3.63, 3.8) is 0 Å². The minimum atomic E-state index is -3.28. The van der Waals surface area contributed by atoms with Crippen LogP contribution in [0.2, 0.25) is 5.02 Å². The Morgan fingerprint density at radius 2 is 1.52 bits per heavy atom. The molecule has 134 valence electrons. The van der Waals surface area contributed by atoms with E-state index in [9.17, 15) is 8.42 Å².